The summed E-state index contributed by atoms with van der Waals surface area (Å²) < 4.78 is 5.35. The summed E-state index contributed by atoms with van der Waals surface area (Å²) in [5.74, 6) is 0.531. The summed E-state index contributed by atoms with van der Waals surface area (Å²) in [5.41, 5.74) is 0.247. The number of amides is 1. The fourth-order valence-electron chi connectivity index (χ4n) is 2.35. The Hall–Kier alpha value is -1.66. The number of hydrogen-bond donors (Lipinski definition) is 2. The molecule has 0 saturated carbocycles. The van der Waals surface area contributed by atoms with Crippen molar-refractivity contribution in [2.45, 2.75) is 12.8 Å². The van der Waals surface area contributed by atoms with Crippen molar-refractivity contribution in [3.8, 4) is 0 Å². The third kappa shape index (κ3) is 3.92. The van der Waals surface area contributed by atoms with Gasteiger partial charge in [0.05, 0.1) is 6.61 Å². The molecule has 0 unspecified atom stereocenters. The van der Waals surface area contributed by atoms with Crippen LogP contribution in [0.4, 0.5) is 5.82 Å². The van der Waals surface area contributed by atoms with Gasteiger partial charge in [-0.1, -0.05) is 6.07 Å². The Morgan fingerprint density at radius 3 is 2.76 bits per heavy atom. The number of anilines is 1. The van der Waals surface area contributed by atoms with Gasteiger partial charge in [0, 0.05) is 39.3 Å². The lowest BCUT2D eigenvalue weighted by Crippen LogP contribution is -2.39. The van der Waals surface area contributed by atoms with Gasteiger partial charge in [-0.15, -0.1) is 0 Å². The van der Waals surface area contributed by atoms with Gasteiger partial charge < -0.3 is 20.1 Å². The number of rotatable bonds is 5. The van der Waals surface area contributed by atoms with Crippen LogP contribution in [0.5, 0.6) is 0 Å². The van der Waals surface area contributed by atoms with E-state index in [1.807, 2.05) is 12.1 Å². The monoisotopic (exact) mass is 293 g/mol. The van der Waals surface area contributed by atoms with E-state index >= 15 is 0 Å². The number of ether oxygens (including phenoxy) is 1. The fourth-order valence-corrected chi connectivity index (χ4v) is 2.35. The summed E-state index contributed by atoms with van der Waals surface area (Å²) in [5, 5.41) is 12.9. The van der Waals surface area contributed by atoms with Crippen molar-refractivity contribution in [1.29, 1.82) is 0 Å². The lowest BCUT2D eigenvalue weighted by molar-refractivity contribution is -0.00861. The molecule has 21 heavy (non-hydrogen) atoms. The molecule has 0 radical (unpaired) electrons. The van der Waals surface area contributed by atoms with Crippen LogP contribution in [-0.2, 0) is 4.74 Å². The minimum absolute atomic E-state index is 0.124. The SMILES string of the molecule is CN(C)C(=O)c1cccc(NCC2(CO)CCOCC2)n1. The first-order valence-electron chi connectivity index (χ1n) is 7.17. The molecule has 1 aromatic rings. The number of hydrogen-bond acceptors (Lipinski definition) is 5. The number of carbonyl (C=O) groups excluding carboxylic acids is 1. The van der Waals surface area contributed by atoms with Gasteiger partial charge in [-0.05, 0) is 25.0 Å². The van der Waals surface area contributed by atoms with Crippen LogP contribution in [0.25, 0.3) is 0 Å². The van der Waals surface area contributed by atoms with Crippen LogP contribution in [0, 0.1) is 5.41 Å². The van der Waals surface area contributed by atoms with Crippen LogP contribution < -0.4 is 5.32 Å². The van der Waals surface area contributed by atoms with Crippen molar-refractivity contribution in [3.63, 3.8) is 0 Å². The third-order valence-corrected chi connectivity index (χ3v) is 3.91. The number of nitrogens with one attached hydrogen (secondary N) is 1. The predicted molar refractivity (Wildman–Crippen MR) is 80.3 cm³/mol. The molecule has 0 atom stereocenters. The maximum Gasteiger partial charge on any atom is 0.272 e. The molecule has 0 bridgehead atoms. The quantitative estimate of drug-likeness (QED) is 0.846. The van der Waals surface area contributed by atoms with Crippen LogP contribution in [0.15, 0.2) is 18.2 Å². The summed E-state index contributed by atoms with van der Waals surface area (Å²) in [4.78, 5) is 17.7. The fraction of sp³-hybridized carbons (Fsp3) is 0.600. The van der Waals surface area contributed by atoms with Crippen LogP contribution in [0.1, 0.15) is 23.3 Å². The zero-order valence-corrected chi connectivity index (χ0v) is 12.6. The first kappa shape index (κ1) is 15.7. The Morgan fingerprint density at radius 1 is 1.43 bits per heavy atom. The molecule has 116 valence electrons. The molecular weight excluding hydrogens is 270 g/mol. The normalized spacial score (nSPS) is 17.3. The Bertz CT molecular complexity index is 485. The second-order valence-electron chi connectivity index (χ2n) is 5.73. The van der Waals surface area contributed by atoms with Gasteiger partial charge in [0.2, 0.25) is 0 Å². The first-order chi connectivity index (χ1) is 10.1. The zero-order valence-electron chi connectivity index (χ0n) is 12.6. The van der Waals surface area contributed by atoms with E-state index in [1.165, 1.54) is 4.90 Å². The van der Waals surface area contributed by atoms with E-state index in [2.05, 4.69) is 10.3 Å². The van der Waals surface area contributed by atoms with Crippen LogP contribution in [0.3, 0.4) is 0 Å². The second kappa shape index (κ2) is 6.87. The lowest BCUT2D eigenvalue weighted by Gasteiger charge is -2.35. The van der Waals surface area contributed by atoms with Crippen LogP contribution >= 0.6 is 0 Å². The van der Waals surface area contributed by atoms with Gasteiger partial charge in [-0.2, -0.15) is 0 Å². The van der Waals surface area contributed by atoms with E-state index in [1.54, 1.807) is 20.2 Å². The highest BCUT2D eigenvalue weighted by atomic mass is 16.5. The average Bonchev–Trinajstić information content (AvgIpc) is 2.53. The van der Waals surface area contributed by atoms with Crippen molar-refractivity contribution in [2.75, 3.05) is 45.8 Å². The van der Waals surface area contributed by atoms with Gasteiger partial charge >= 0.3 is 0 Å². The molecule has 0 aliphatic carbocycles. The highest BCUT2D eigenvalue weighted by molar-refractivity contribution is 5.92. The first-order valence-corrected chi connectivity index (χ1v) is 7.17. The molecule has 1 fully saturated rings. The van der Waals surface area contributed by atoms with Crippen molar-refractivity contribution >= 4 is 11.7 Å². The maximum atomic E-state index is 11.9. The smallest absolute Gasteiger partial charge is 0.272 e. The number of aliphatic hydroxyl groups is 1. The third-order valence-electron chi connectivity index (χ3n) is 3.91. The summed E-state index contributed by atoms with van der Waals surface area (Å²) in [6.07, 6.45) is 1.65. The molecule has 0 aromatic carbocycles. The number of carbonyl (C=O) groups is 1. The summed E-state index contributed by atoms with van der Waals surface area (Å²) in [6, 6.07) is 5.34. The highest BCUT2D eigenvalue weighted by Gasteiger charge is 2.31. The molecule has 6 nitrogen and oxygen atoms in total. The Labute approximate surface area is 125 Å². The Balaban J connectivity index is 2.02. The summed E-state index contributed by atoms with van der Waals surface area (Å²) in [7, 11) is 3.40. The van der Waals surface area contributed by atoms with E-state index in [9.17, 15) is 9.90 Å². The molecule has 1 aliphatic rings. The van der Waals surface area contributed by atoms with Crippen LogP contribution in [0.2, 0.25) is 0 Å². The Kier molecular flexibility index (Phi) is 5.14. The highest BCUT2D eigenvalue weighted by Crippen LogP contribution is 2.30. The maximum absolute atomic E-state index is 11.9. The lowest BCUT2D eigenvalue weighted by atomic mass is 9.81. The van der Waals surface area contributed by atoms with E-state index in [-0.39, 0.29) is 17.9 Å². The van der Waals surface area contributed by atoms with E-state index in [0.29, 0.717) is 31.3 Å². The van der Waals surface area contributed by atoms with Crippen molar-refractivity contribution in [2.24, 2.45) is 5.41 Å². The minimum atomic E-state index is -0.165. The molecule has 2 heterocycles. The molecular formula is C15H23N3O3. The number of pyridine rings is 1. The van der Waals surface area contributed by atoms with Crippen molar-refractivity contribution < 1.29 is 14.6 Å². The van der Waals surface area contributed by atoms with E-state index < -0.39 is 0 Å². The van der Waals surface area contributed by atoms with Gasteiger partial charge in [-0.3, -0.25) is 4.79 Å². The molecule has 6 heteroatoms. The summed E-state index contributed by atoms with van der Waals surface area (Å²) >= 11 is 0. The minimum Gasteiger partial charge on any atom is -0.396 e. The number of nitrogens with zero attached hydrogens (tertiary/aromatic N) is 2. The zero-order chi connectivity index (χ0) is 15.3. The van der Waals surface area contributed by atoms with Crippen molar-refractivity contribution in [1.82, 2.24) is 9.88 Å². The van der Waals surface area contributed by atoms with E-state index in [4.69, 9.17) is 4.74 Å². The van der Waals surface area contributed by atoms with Crippen LogP contribution in [-0.4, -0.2) is 61.4 Å². The standard InChI is InChI=1S/C15H23N3O3/c1-18(2)14(20)12-4-3-5-13(17-12)16-10-15(11-19)6-8-21-9-7-15/h3-5,19H,6-11H2,1-2H3,(H,16,17). The molecule has 2 rings (SSSR count). The van der Waals surface area contributed by atoms with Gasteiger partial charge in [0.15, 0.2) is 0 Å². The average molecular weight is 293 g/mol. The van der Waals surface area contributed by atoms with Gasteiger partial charge in [-0.25, -0.2) is 4.98 Å². The molecule has 1 saturated heterocycles. The molecule has 2 N–H and O–H groups in total. The Morgan fingerprint density at radius 2 is 2.14 bits per heavy atom. The van der Waals surface area contributed by atoms with Gasteiger partial charge in [0.1, 0.15) is 11.5 Å². The molecule has 1 aliphatic heterocycles. The molecule has 0 spiro atoms. The van der Waals surface area contributed by atoms with E-state index in [0.717, 1.165) is 12.8 Å². The largest absolute Gasteiger partial charge is 0.396 e. The summed E-state index contributed by atoms with van der Waals surface area (Å²) in [6.45, 7) is 2.10. The topological polar surface area (TPSA) is 74.7 Å². The van der Waals surface area contributed by atoms with Gasteiger partial charge in [0.25, 0.3) is 5.91 Å². The molecule has 1 aromatic heterocycles. The number of aliphatic hydroxyl groups excluding tert-OH is 1. The number of aromatic nitrogens is 1. The second-order valence-corrected chi connectivity index (χ2v) is 5.73. The molecule has 1 amide bonds. The van der Waals surface area contributed by atoms with Crippen molar-refractivity contribution in [3.05, 3.63) is 23.9 Å². The predicted octanol–water partition coefficient (Wildman–Crippen LogP) is 0.984.